The van der Waals surface area contributed by atoms with Crippen molar-refractivity contribution in [2.24, 2.45) is 0 Å². The fourth-order valence-electron chi connectivity index (χ4n) is 3.92. The second kappa shape index (κ2) is 10.3. The molecule has 4 nitrogen and oxygen atoms in total. The van der Waals surface area contributed by atoms with E-state index in [4.69, 9.17) is 14.2 Å². The third-order valence-electron chi connectivity index (χ3n) is 5.67. The van der Waals surface area contributed by atoms with E-state index in [1.807, 2.05) is 78.9 Å². The Labute approximate surface area is 183 Å². The highest BCUT2D eigenvalue weighted by molar-refractivity contribution is 5.96. The van der Waals surface area contributed by atoms with Gasteiger partial charge in [0, 0.05) is 12.0 Å². The number of rotatable bonds is 8. The van der Waals surface area contributed by atoms with E-state index in [-0.39, 0.29) is 18.0 Å². The van der Waals surface area contributed by atoms with E-state index in [1.165, 1.54) is 0 Å². The van der Waals surface area contributed by atoms with Gasteiger partial charge in [-0.2, -0.15) is 0 Å². The van der Waals surface area contributed by atoms with E-state index in [2.05, 4.69) is 0 Å². The number of carbonyl (C=O) groups excluding carboxylic acids is 1. The summed E-state index contributed by atoms with van der Waals surface area (Å²) in [4.78, 5) is 12.8. The maximum Gasteiger partial charge on any atom is 0.165 e. The summed E-state index contributed by atoms with van der Waals surface area (Å²) in [5, 5.41) is 0. The molecule has 0 amide bonds. The Kier molecular flexibility index (Phi) is 7.00. The van der Waals surface area contributed by atoms with E-state index in [1.54, 1.807) is 7.11 Å². The number of Topliss-reactive ketones (excluding diaryl/α,β-unsaturated/α-hetero) is 1. The molecule has 0 aromatic heterocycles. The zero-order chi connectivity index (χ0) is 21.5. The van der Waals surface area contributed by atoms with Gasteiger partial charge in [0.2, 0.25) is 0 Å². The summed E-state index contributed by atoms with van der Waals surface area (Å²) in [6, 6.07) is 25.4. The molecule has 2 atom stereocenters. The number of hydrogen-bond donors (Lipinski definition) is 0. The van der Waals surface area contributed by atoms with Crippen LogP contribution in [0.4, 0.5) is 0 Å². The van der Waals surface area contributed by atoms with Gasteiger partial charge in [-0.25, -0.2) is 0 Å². The van der Waals surface area contributed by atoms with Gasteiger partial charge in [-0.1, -0.05) is 42.5 Å². The number of benzene rings is 3. The lowest BCUT2D eigenvalue weighted by atomic mass is 9.95. The smallest absolute Gasteiger partial charge is 0.165 e. The first-order chi connectivity index (χ1) is 15.2. The van der Waals surface area contributed by atoms with E-state index in [0.717, 1.165) is 41.9 Å². The predicted octanol–water partition coefficient (Wildman–Crippen LogP) is 6.16. The fourth-order valence-corrected chi connectivity index (χ4v) is 3.92. The average molecular weight is 417 g/mol. The highest BCUT2D eigenvalue weighted by atomic mass is 16.5. The molecule has 31 heavy (non-hydrogen) atoms. The zero-order valence-corrected chi connectivity index (χ0v) is 17.8. The molecule has 1 fully saturated rings. The maximum absolute atomic E-state index is 12.8. The van der Waals surface area contributed by atoms with Crippen molar-refractivity contribution in [3.8, 4) is 11.5 Å². The monoisotopic (exact) mass is 416 g/mol. The normalized spacial score (nSPS) is 18.4. The summed E-state index contributed by atoms with van der Waals surface area (Å²) in [6.45, 7) is 0.511. The molecule has 3 aromatic rings. The van der Waals surface area contributed by atoms with Crippen LogP contribution in [0.2, 0.25) is 0 Å². The first-order valence-electron chi connectivity index (χ1n) is 10.8. The minimum atomic E-state index is -0.0534. The van der Waals surface area contributed by atoms with Crippen molar-refractivity contribution in [1.82, 2.24) is 0 Å². The van der Waals surface area contributed by atoms with Gasteiger partial charge in [-0.15, -0.1) is 0 Å². The SMILES string of the molecule is COc1ccc([C@H]2CCC[C@@H](CC(=O)c3ccc(OCc4ccccc4)cc3)O2)cc1. The molecule has 0 radical (unpaired) electrons. The molecule has 0 unspecified atom stereocenters. The van der Waals surface area contributed by atoms with E-state index in [0.29, 0.717) is 18.6 Å². The molecule has 160 valence electrons. The van der Waals surface area contributed by atoms with Crippen LogP contribution in [-0.4, -0.2) is 19.0 Å². The first-order valence-corrected chi connectivity index (χ1v) is 10.8. The molecule has 0 saturated carbocycles. The summed E-state index contributed by atoms with van der Waals surface area (Å²) in [5.41, 5.74) is 2.95. The third-order valence-corrected chi connectivity index (χ3v) is 5.67. The van der Waals surface area contributed by atoms with Gasteiger partial charge in [0.15, 0.2) is 5.78 Å². The second-order valence-corrected chi connectivity index (χ2v) is 7.88. The van der Waals surface area contributed by atoms with Gasteiger partial charge in [0.05, 0.1) is 19.3 Å². The highest BCUT2D eigenvalue weighted by Gasteiger charge is 2.26. The second-order valence-electron chi connectivity index (χ2n) is 7.88. The minimum Gasteiger partial charge on any atom is -0.497 e. The molecule has 1 aliphatic heterocycles. The van der Waals surface area contributed by atoms with Crippen molar-refractivity contribution < 1.29 is 19.0 Å². The van der Waals surface area contributed by atoms with Crippen LogP contribution in [0.5, 0.6) is 11.5 Å². The molecule has 0 bridgehead atoms. The Morgan fingerprint density at radius 3 is 2.32 bits per heavy atom. The Bertz CT molecular complexity index is 964. The van der Waals surface area contributed by atoms with Crippen LogP contribution < -0.4 is 9.47 Å². The summed E-state index contributed by atoms with van der Waals surface area (Å²) in [6.07, 6.45) is 3.33. The van der Waals surface area contributed by atoms with E-state index in [9.17, 15) is 4.79 Å². The summed E-state index contributed by atoms with van der Waals surface area (Å²) < 4.78 is 17.3. The number of carbonyl (C=O) groups is 1. The van der Waals surface area contributed by atoms with Crippen molar-refractivity contribution in [3.05, 3.63) is 95.6 Å². The number of ether oxygens (including phenoxy) is 3. The molecule has 1 saturated heterocycles. The van der Waals surface area contributed by atoms with Gasteiger partial charge in [0.25, 0.3) is 0 Å². The average Bonchev–Trinajstić information content (AvgIpc) is 2.84. The lowest BCUT2D eigenvalue weighted by Crippen LogP contribution is -2.25. The van der Waals surface area contributed by atoms with Crippen molar-refractivity contribution in [1.29, 1.82) is 0 Å². The van der Waals surface area contributed by atoms with Gasteiger partial charge >= 0.3 is 0 Å². The van der Waals surface area contributed by atoms with Gasteiger partial charge in [-0.05, 0) is 66.8 Å². The quantitative estimate of drug-likeness (QED) is 0.413. The molecule has 0 aliphatic carbocycles. The van der Waals surface area contributed by atoms with Crippen LogP contribution >= 0.6 is 0 Å². The van der Waals surface area contributed by atoms with Gasteiger partial charge < -0.3 is 14.2 Å². The topological polar surface area (TPSA) is 44.8 Å². The van der Waals surface area contributed by atoms with Crippen molar-refractivity contribution in [2.45, 2.75) is 44.5 Å². The molecule has 1 heterocycles. The van der Waals surface area contributed by atoms with Crippen molar-refractivity contribution >= 4 is 5.78 Å². The van der Waals surface area contributed by atoms with Crippen LogP contribution in [0.3, 0.4) is 0 Å². The maximum atomic E-state index is 12.8. The van der Waals surface area contributed by atoms with Crippen LogP contribution in [-0.2, 0) is 11.3 Å². The van der Waals surface area contributed by atoms with Gasteiger partial charge in [0.1, 0.15) is 18.1 Å². The minimum absolute atomic E-state index is 0.0335. The number of methoxy groups -OCH3 is 1. The van der Waals surface area contributed by atoms with Crippen LogP contribution in [0.25, 0.3) is 0 Å². The van der Waals surface area contributed by atoms with Crippen molar-refractivity contribution in [2.75, 3.05) is 7.11 Å². The summed E-state index contributed by atoms with van der Waals surface area (Å²) in [5.74, 6) is 1.70. The third kappa shape index (κ3) is 5.74. The summed E-state index contributed by atoms with van der Waals surface area (Å²) >= 11 is 0. The molecule has 1 aliphatic rings. The van der Waals surface area contributed by atoms with Gasteiger partial charge in [-0.3, -0.25) is 4.79 Å². The lowest BCUT2D eigenvalue weighted by Gasteiger charge is -2.30. The first kappa shape index (κ1) is 21.1. The number of hydrogen-bond acceptors (Lipinski definition) is 4. The zero-order valence-electron chi connectivity index (χ0n) is 17.8. The van der Waals surface area contributed by atoms with Crippen molar-refractivity contribution in [3.63, 3.8) is 0 Å². The fraction of sp³-hybridized carbons (Fsp3) is 0.296. The van der Waals surface area contributed by atoms with E-state index < -0.39 is 0 Å². The van der Waals surface area contributed by atoms with Crippen LogP contribution in [0.15, 0.2) is 78.9 Å². The number of ketones is 1. The predicted molar refractivity (Wildman–Crippen MR) is 121 cm³/mol. The molecule has 0 spiro atoms. The van der Waals surface area contributed by atoms with Crippen LogP contribution in [0, 0.1) is 0 Å². The Morgan fingerprint density at radius 2 is 1.61 bits per heavy atom. The molecular formula is C27H28O4. The molecule has 0 N–H and O–H groups in total. The standard InChI is InChI=1S/C27H28O4/c1-29-23-14-12-22(13-15-23)27-9-5-8-25(31-27)18-26(28)21-10-16-24(17-11-21)30-19-20-6-3-2-4-7-20/h2-4,6-7,10-17,25,27H,5,8-9,18-19H2,1H3/t25-,27+/m0/s1. The largest absolute Gasteiger partial charge is 0.497 e. The Balaban J connectivity index is 1.30. The molecule has 4 rings (SSSR count). The van der Waals surface area contributed by atoms with Crippen LogP contribution in [0.1, 0.15) is 53.3 Å². The summed E-state index contributed by atoms with van der Waals surface area (Å²) in [7, 11) is 1.66. The Morgan fingerprint density at radius 1 is 0.903 bits per heavy atom. The molecule has 4 heteroatoms. The molecular weight excluding hydrogens is 388 g/mol. The lowest BCUT2D eigenvalue weighted by molar-refractivity contribution is -0.0508. The van der Waals surface area contributed by atoms with E-state index >= 15 is 0 Å². The highest BCUT2D eigenvalue weighted by Crippen LogP contribution is 2.33. The molecule has 3 aromatic carbocycles. The Hall–Kier alpha value is -3.11.